The molecule has 1 nitrogen and oxygen atoms in total. The molecule has 0 bridgehead atoms. The number of halogens is 1. The molecule has 0 spiro atoms. The first-order valence-corrected chi connectivity index (χ1v) is 8.98. The summed E-state index contributed by atoms with van der Waals surface area (Å²) in [6, 6.07) is 0. The summed E-state index contributed by atoms with van der Waals surface area (Å²) in [6.07, 6.45) is 5.31. The van der Waals surface area contributed by atoms with Gasteiger partial charge < -0.3 is 4.43 Å². The highest BCUT2D eigenvalue weighted by atomic mass is 127. The van der Waals surface area contributed by atoms with E-state index in [0.29, 0.717) is 0 Å². The lowest BCUT2D eigenvalue weighted by Gasteiger charge is -2.19. The minimum atomic E-state index is -1.39. The molecule has 0 saturated carbocycles. The highest BCUT2D eigenvalue weighted by Crippen LogP contribution is 2.11. The molecule has 0 heterocycles. The molecule has 0 unspecified atom stereocenters. The zero-order chi connectivity index (χ0) is 10.5. The van der Waals surface area contributed by atoms with Gasteiger partial charge in [-0.25, -0.2) is 0 Å². The molecule has 0 aliphatic carbocycles. The lowest BCUT2D eigenvalue weighted by atomic mass is 10.3. The Morgan fingerprint density at radius 3 is 2.15 bits per heavy atom. The van der Waals surface area contributed by atoms with Crippen LogP contribution in [0.2, 0.25) is 19.6 Å². The van der Waals surface area contributed by atoms with Crippen molar-refractivity contribution in [1.29, 1.82) is 0 Å². The fraction of sp³-hybridized carbons (Fsp3) is 0.600. The van der Waals surface area contributed by atoms with E-state index in [2.05, 4.69) is 61.3 Å². The molecule has 0 N–H and O–H groups in total. The van der Waals surface area contributed by atoms with Crippen molar-refractivity contribution < 1.29 is 4.43 Å². The Labute approximate surface area is 96.5 Å². The highest BCUT2D eigenvalue weighted by molar-refractivity contribution is 14.1. The van der Waals surface area contributed by atoms with Gasteiger partial charge in [-0.2, -0.15) is 0 Å². The predicted molar refractivity (Wildman–Crippen MR) is 70.6 cm³/mol. The summed E-state index contributed by atoms with van der Waals surface area (Å²) in [5.74, 6) is 1.06. The number of hydrogen-bond donors (Lipinski definition) is 0. The van der Waals surface area contributed by atoms with E-state index in [1.807, 2.05) is 6.92 Å². The molecule has 13 heavy (non-hydrogen) atoms. The molecule has 0 aliphatic heterocycles. The maximum atomic E-state index is 5.79. The molecule has 0 atom stereocenters. The Morgan fingerprint density at radius 2 is 1.77 bits per heavy atom. The van der Waals surface area contributed by atoms with Gasteiger partial charge in [0.2, 0.25) is 8.32 Å². The van der Waals surface area contributed by atoms with Crippen LogP contribution < -0.4 is 0 Å². The van der Waals surface area contributed by atoms with Crippen LogP contribution >= 0.6 is 22.6 Å². The lowest BCUT2D eigenvalue weighted by Crippen LogP contribution is -2.24. The van der Waals surface area contributed by atoms with Crippen LogP contribution in [0.25, 0.3) is 0 Å². The minimum absolute atomic E-state index is 0.977. The van der Waals surface area contributed by atoms with Crippen LogP contribution in [0, 0.1) is 0 Å². The standard InChI is InChI=1S/C10H19IOSi/c1-9(11)7-6-8-10(2)12-13(3,4)5/h7-8H,6H2,1-5H3/b9-7-,10-8+. The SMILES string of the molecule is C/C(I)=C/C/C=C(\C)O[Si](C)(C)C. The van der Waals surface area contributed by atoms with Crippen molar-refractivity contribution >= 4 is 30.9 Å². The Balaban J connectivity index is 3.97. The monoisotopic (exact) mass is 310 g/mol. The van der Waals surface area contributed by atoms with E-state index < -0.39 is 8.32 Å². The van der Waals surface area contributed by atoms with Crippen molar-refractivity contribution in [1.82, 2.24) is 0 Å². The molecular formula is C10H19IOSi. The van der Waals surface area contributed by atoms with Gasteiger partial charge >= 0.3 is 0 Å². The smallest absolute Gasteiger partial charge is 0.241 e. The first-order chi connectivity index (χ1) is 5.81. The van der Waals surface area contributed by atoms with E-state index in [9.17, 15) is 0 Å². The topological polar surface area (TPSA) is 9.23 Å². The van der Waals surface area contributed by atoms with Gasteiger partial charge in [0.25, 0.3) is 0 Å². The fourth-order valence-corrected chi connectivity index (χ4v) is 2.22. The van der Waals surface area contributed by atoms with Crippen LogP contribution in [-0.4, -0.2) is 8.32 Å². The predicted octanol–water partition coefficient (Wildman–Crippen LogP) is 4.47. The van der Waals surface area contributed by atoms with Gasteiger partial charge in [0.15, 0.2) is 0 Å². The average Bonchev–Trinajstić information content (AvgIpc) is 1.81. The molecule has 0 aromatic heterocycles. The van der Waals surface area contributed by atoms with Gasteiger partial charge in [0.05, 0.1) is 5.76 Å². The highest BCUT2D eigenvalue weighted by Gasteiger charge is 2.15. The third kappa shape index (κ3) is 10.1. The second-order valence-corrected chi connectivity index (χ2v) is 10.2. The van der Waals surface area contributed by atoms with E-state index in [-0.39, 0.29) is 0 Å². The zero-order valence-corrected chi connectivity index (χ0v) is 12.3. The van der Waals surface area contributed by atoms with Crippen LogP contribution in [-0.2, 0) is 4.43 Å². The zero-order valence-electron chi connectivity index (χ0n) is 9.15. The molecular weight excluding hydrogens is 291 g/mol. The van der Waals surface area contributed by atoms with E-state index in [0.717, 1.165) is 12.2 Å². The largest absolute Gasteiger partial charge is 0.548 e. The molecule has 0 aromatic carbocycles. The third-order valence-electron chi connectivity index (χ3n) is 1.27. The maximum absolute atomic E-state index is 5.79. The number of rotatable bonds is 4. The third-order valence-corrected chi connectivity index (χ3v) is 2.65. The maximum Gasteiger partial charge on any atom is 0.241 e. The Bertz CT molecular complexity index is 209. The Morgan fingerprint density at radius 1 is 1.23 bits per heavy atom. The van der Waals surface area contributed by atoms with E-state index in [1.54, 1.807) is 0 Å². The molecule has 0 rings (SSSR count). The quantitative estimate of drug-likeness (QED) is 0.423. The summed E-state index contributed by atoms with van der Waals surface area (Å²) in [7, 11) is -1.39. The summed E-state index contributed by atoms with van der Waals surface area (Å²) < 4.78 is 7.12. The van der Waals surface area contributed by atoms with Crippen molar-refractivity contribution in [2.75, 3.05) is 0 Å². The van der Waals surface area contributed by atoms with Crippen molar-refractivity contribution in [2.45, 2.75) is 39.9 Å². The average molecular weight is 310 g/mol. The minimum Gasteiger partial charge on any atom is -0.548 e. The van der Waals surface area contributed by atoms with Crippen molar-refractivity contribution in [3.8, 4) is 0 Å². The number of hydrogen-bond acceptors (Lipinski definition) is 1. The normalized spacial score (nSPS) is 14.6. The van der Waals surface area contributed by atoms with Crippen molar-refractivity contribution in [3.05, 3.63) is 21.5 Å². The van der Waals surface area contributed by atoms with E-state index >= 15 is 0 Å². The second kappa shape index (κ2) is 5.85. The Hall–Kier alpha value is 0.227. The van der Waals surface area contributed by atoms with Crippen LogP contribution in [0.15, 0.2) is 21.5 Å². The molecule has 0 fully saturated rings. The van der Waals surface area contributed by atoms with Crippen LogP contribution in [0.5, 0.6) is 0 Å². The summed E-state index contributed by atoms with van der Waals surface area (Å²) in [5, 5.41) is 0. The first-order valence-electron chi connectivity index (χ1n) is 4.49. The van der Waals surface area contributed by atoms with Gasteiger partial charge in [-0.1, -0.05) is 6.08 Å². The van der Waals surface area contributed by atoms with Crippen molar-refractivity contribution in [2.24, 2.45) is 0 Å². The first kappa shape index (κ1) is 13.2. The van der Waals surface area contributed by atoms with Crippen LogP contribution in [0.1, 0.15) is 20.3 Å². The molecule has 0 aromatic rings. The van der Waals surface area contributed by atoms with Crippen molar-refractivity contribution in [3.63, 3.8) is 0 Å². The van der Waals surface area contributed by atoms with Gasteiger partial charge in [-0.05, 0) is 72.2 Å². The summed E-state index contributed by atoms with van der Waals surface area (Å²) >= 11 is 2.32. The molecule has 0 aliphatic rings. The van der Waals surface area contributed by atoms with Gasteiger partial charge in [0, 0.05) is 0 Å². The Kier molecular flexibility index (Phi) is 5.95. The summed E-state index contributed by atoms with van der Waals surface area (Å²) in [5.41, 5.74) is 0. The molecule has 0 amide bonds. The van der Waals surface area contributed by atoms with Gasteiger partial charge in [-0.3, -0.25) is 0 Å². The fourth-order valence-electron chi connectivity index (χ4n) is 0.912. The summed E-state index contributed by atoms with van der Waals surface area (Å²) in [6.45, 7) is 10.7. The molecule has 76 valence electrons. The van der Waals surface area contributed by atoms with Crippen LogP contribution in [0.4, 0.5) is 0 Å². The van der Waals surface area contributed by atoms with Gasteiger partial charge in [0.1, 0.15) is 0 Å². The molecule has 0 saturated heterocycles. The molecule has 3 heteroatoms. The van der Waals surface area contributed by atoms with E-state index in [4.69, 9.17) is 4.43 Å². The molecule has 0 radical (unpaired) electrons. The number of allylic oxidation sites excluding steroid dienone is 4. The van der Waals surface area contributed by atoms with E-state index in [1.165, 1.54) is 3.58 Å². The summed E-state index contributed by atoms with van der Waals surface area (Å²) in [4.78, 5) is 0. The second-order valence-electron chi connectivity index (χ2n) is 4.06. The lowest BCUT2D eigenvalue weighted by molar-refractivity contribution is 0.422. The van der Waals surface area contributed by atoms with Crippen LogP contribution in [0.3, 0.4) is 0 Å². The van der Waals surface area contributed by atoms with Gasteiger partial charge in [-0.15, -0.1) is 0 Å².